The summed E-state index contributed by atoms with van der Waals surface area (Å²) in [6.07, 6.45) is 0.0494. The van der Waals surface area contributed by atoms with Crippen LogP contribution in [0.4, 0.5) is 0 Å². The van der Waals surface area contributed by atoms with E-state index in [1.807, 2.05) is 12.1 Å². The van der Waals surface area contributed by atoms with Crippen LogP contribution in [0, 0.1) is 0 Å². The Bertz CT molecular complexity index is 693. The second-order valence-corrected chi connectivity index (χ2v) is 8.91. The lowest BCUT2D eigenvalue weighted by atomic mass is 10.1. The molecule has 0 fully saturated rings. The number of nitrogens with one attached hydrogen (secondary N) is 1. The van der Waals surface area contributed by atoms with E-state index in [-0.39, 0.29) is 4.90 Å². The van der Waals surface area contributed by atoms with E-state index in [1.54, 1.807) is 30.4 Å². The van der Waals surface area contributed by atoms with Crippen molar-refractivity contribution < 1.29 is 13.5 Å². The second kappa shape index (κ2) is 7.02. The molecule has 0 aliphatic rings. The summed E-state index contributed by atoms with van der Waals surface area (Å²) in [5.41, 5.74) is 0.692. The van der Waals surface area contributed by atoms with Crippen molar-refractivity contribution in [2.45, 2.75) is 24.3 Å². The Kier molecular flexibility index (Phi) is 5.56. The second-order valence-electron chi connectivity index (χ2n) is 4.60. The third-order valence-corrected chi connectivity index (χ3v) is 6.13. The van der Waals surface area contributed by atoms with Gasteiger partial charge in [-0.25, -0.2) is 13.1 Å². The van der Waals surface area contributed by atoms with E-state index in [2.05, 4.69) is 20.7 Å². The topological polar surface area (TPSA) is 66.4 Å². The van der Waals surface area contributed by atoms with E-state index in [0.29, 0.717) is 18.5 Å². The van der Waals surface area contributed by atoms with Crippen molar-refractivity contribution in [3.63, 3.8) is 0 Å². The van der Waals surface area contributed by atoms with Gasteiger partial charge < -0.3 is 5.11 Å². The van der Waals surface area contributed by atoms with Crippen LogP contribution in [0.1, 0.15) is 23.5 Å². The lowest BCUT2D eigenvalue weighted by molar-refractivity contribution is 0.199. The summed E-state index contributed by atoms with van der Waals surface area (Å²) in [5, 5.41) is 9.42. The molecule has 1 unspecified atom stereocenters. The minimum absolute atomic E-state index is 0.208. The van der Waals surface area contributed by atoms with Crippen molar-refractivity contribution in [2.75, 3.05) is 6.54 Å². The predicted molar refractivity (Wildman–Crippen MR) is 88.0 cm³/mol. The van der Waals surface area contributed by atoms with Gasteiger partial charge in [0.2, 0.25) is 10.0 Å². The Morgan fingerprint density at radius 2 is 1.90 bits per heavy atom. The number of rotatable bonds is 6. The highest BCUT2D eigenvalue weighted by Crippen LogP contribution is 2.22. The molecule has 1 heterocycles. The number of sulfonamides is 1. The number of aliphatic hydroxyl groups excluding tert-OH is 1. The van der Waals surface area contributed by atoms with Gasteiger partial charge in [-0.1, -0.05) is 12.1 Å². The fraction of sp³-hybridized carbons (Fsp3) is 0.286. The molecular weight excluding hydrogens is 374 g/mol. The van der Waals surface area contributed by atoms with E-state index >= 15 is 0 Å². The largest absolute Gasteiger partial charge is 0.389 e. The standard InChI is InChI=1S/C14H16BrNO3S2/c1-10(17)11-2-5-13(6-3-11)21(18,19)16-9-8-12-4-7-14(15)20-12/h2-7,10,16-17H,8-9H2,1H3. The average Bonchev–Trinajstić information content (AvgIpc) is 2.84. The first-order valence-electron chi connectivity index (χ1n) is 6.40. The maximum Gasteiger partial charge on any atom is 0.240 e. The molecule has 2 aromatic rings. The quantitative estimate of drug-likeness (QED) is 0.797. The minimum Gasteiger partial charge on any atom is -0.389 e. The average molecular weight is 390 g/mol. The maximum absolute atomic E-state index is 12.1. The zero-order valence-corrected chi connectivity index (χ0v) is 14.6. The molecule has 2 rings (SSSR count). The number of halogens is 1. The van der Waals surface area contributed by atoms with Gasteiger partial charge in [-0.15, -0.1) is 11.3 Å². The highest BCUT2D eigenvalue weighted by Gasteiger charge is 2.14. The van der Waals surface area contributed by atoms with Crippen molar-refractivity contribution in [2.24, 2.45) is 0 Å². The van der Waals surface area contributed by atoms with Gasteiger partial charge in [-0.2, -0.15) is 0 Å². The summed E-state index contributed by atoms with van der Waals surface area (Å²) in [5.74, 6) is 0. The molecule has 0 spiro atoms. The van der Waals surface area contributed by atoms with Gasteiger partial charge in [0, 0.05) is 11.4 Å². The Morgan fingerprint density at radius 1 is 1.24 bits per heavy atom. The third-order valence-electron chi connectivity index (χ3n) is 2.97. The maximum atomic E-state index is 12.1. The molecule has 1 atom stereocenters. The van der Waals surface area contributed by atoms with Gasteiger partial charge in [0.15, 0.2) is 0 Å². The number of hydrogen-bond donors (Lipinski definition) is 2. The van der Waals surface area contributed by atoms with Crippen molar-refractivity contribution >= 4 is 37.3 Å². The van der Waals surface area contributed by atoms with Gasteiger partial charge >= 0.3 is 0 Å². The van der Waals surface area contributed by atoms with Crippen LogP contribution < -0.4 is 4.72 Å². The first-order valence-corrected chi connectivity index (χ1v) is 9.49. The summed E-state index contributed by atoms with van der Waals surface area (Å²) in [7, 11) is -3.50. The molecule has 0 aliphatic carbocycles. The molecule has 2 N–H and O–H groups in total. The van der Waals surface area contributed by atoms with E-state index < -0.39 is 16.1 Å². The van der Waals surface area contributed by atoms with Gasteiger partial charge in [0.25, 0.3) is 0 Å². The lowest BCUT2D eigenvalue weighted by Crippen LogP contribution is -2.25. The molecule has 0 bridgehead atoms. The van der Waals surface area contributed by atoms with Gasteiger partial charge in [-0.05, 0) is 59.1 Å². The monoisotopic (exact) mass is 389 g/mol. The van der Waals surface area contributed by atoms with Crippen LogP contribution in [0.15, 0.2) is 45.1 Å². The molecule has 1 aromatic carbocycles. The minimum atomic E-state index is -3.50. The smallest absolute Gasteiger partial charge is 0.240 e. The molecule has 21 heavy (non-hydrogen) atoms. The van der Waals surface area contributed by atoms with Gasteiger partial charge in [0.05, 0.1) is 14.8 Å². The predicted octanol–water partition coefficient (Wildman–Crippen LogP) is 3.08. The summed E-state index contributed by atoms with van der Waals surface area (Å²) in [6.45, 7) is 1.99. The van der Waals surface area contributed by atoms with Crippen LogP contribution in [0.25, 0.3) is 0 Å². The Morgan fingerprint density at radius 3 is 2.43 bits per heavy atom. The summed E-state index contributed by atoms with van der Waals surface area (Å²) in [4.78, 5) is 1.33. The third kappa shape index (κ3) is 4.62. The first-order chi connectivity index (χ1) is 9.88. The van der Waals surface area contributed by atoms with E-state index in [9.17, 15) is 13.5 Å². The Balaban J connectivity index is 1.97. The van der Waals surface area contributed by atoms with E-state index in [4.69, 9.17) is 0 Å². The van der Waals surface area contributed by atoms with Crippen molar-refractivity contribution in [1.82, 2.24) is 4.72 Å². The Hall–Kier alpha value is -0.730. The van der Waals surface area contributed by atoms with Gasteiger partial charge in [-0.3, -0.25) is 0 Å². The molecule has 7 heteroatoms. The summed E-state index contributed by atoms with van der Waals surface area (Å²) >= 11 is 4.97. The fourth-order valence-electron chi connectivity index (χ4n) is 1.80. The fourth-order valence-corrected chi connectivity index (χ4v) is 4.32. The number of aliphatic hydroxyl groups is 1. The van der Waals surface area contributed by atoms with Crippen LogP contribution in [0.2, 0.25) is 0 Å². The van der Waals surface area contributed by atoms with Crippen molar-refractivity contribution in [1.29, 1.82) is 0 Å². The zero-order valence-electron chi connectivity index (χ0n) is 11.4. The van der Waals surface area contributed by atoms with Crippen LogP contribution >= 0.6 is 27.3 Å². The molecule has 0 radical (unpaired) electrons. The molecule has 114 valence electrons. The molecule has 0 saturated heterocycles. The van der Waals surface area contributed by atoms with Crippen LogP contribution in [0.5, 0.6) is 0 Å². The van der Waals surface area contributed by atoms with Crippen LogP contribution in [-0.2, 0) is 16.4 Å². The first kappa shape index (κ1) is 16.6. The molecule has 1 aromatic heterocycles. The number of benzene rings is 1. The van der Waals surface area contributed by atoms with Gasteiger partial charge in [0.1, 0.15) is 0 Å². The van der Waals surface area contributed by atoms with E-state index in [0.717, 1.165) is 8.66 Å². The van der Waals surface area contributed by atoms with Crippen LogP contribution in [-0.4, -0.2) is 20.1 Å². The van der Waals surface area contributed by atoms with Crippen molar-refractivity contribution in [3.05, 3.63) is 50.6 Å². The Labute approximate surface area is 137 Å². The summed E-state index contributed by atoms with van der Waals surface area (Å²) < 4.78 is 27.9. The zero-order chi connectivity index (χ0) is 15.5. The SMILES string of the molecule is CC(O)c1ccc(S(=O)(=O)NCCc2ccc(Br)s2)cc1. The number of hydrogen-bond acceptors (Lipinski definition) is 4. The normalized spacial score (nSPS) is 13.3. The molecule has 0 saturated carbocycles. The van der Waals surface area contributed by atoms with Crippen LogP contribution in [0.3, 0.4) is 0 Å². The van der Waals surface area contributed by atoms with E-state index in [1.165, 1.54) is 12.1 Å². The summed E-state index contributed by atoms with van der Waals surface area (Å²) in [6, 6.07) is 10.2. The lowest BCUT2D eigenvalue weighted by Gasteiger charge is -2.08. The molecule has 0 aliphatic heterocycles. The molecular formula is C14H16BrNO3S2. The molecule has 0 amide bonds. The number of thiophene rings is 1. The highest BCUT2D eigenvalue weighted by molar-refractivity contribution is 9.11. The van der Waals surface area contributed by atoms with Crippen molar-refractivity contribution in [3.8, 4) is 0 Å². The highest BCUT2D eigenvalue weighted by atomic mass is 79.9. The molecule has 4 nitrogen and oxygen atoms in total.